The Kier molecular flexibility index (Phi) is 7.73. The summed E-state index contributed by atoms with van der Waals surface area (Å²) in [6.45, 7) is 8.27. The number of carbonyl (C=O) groups excluding carboxylic acids is 2. The highest BCUT2D eigenvalue weighted by molar-refractivity contribution is 5.88. The van der Waals surface area contributed by atoms with Crippen LogP contribution in [0.25, 0.3) is 0 Å². The molecule has 0 heterocycles. The molecule has 0 spiro atoms. The number of hydrogen-bond acceptors (Lipinski definition) is 2. The first kappa shape index (κ1) is 21.6. The predicted molar refractivity (Wildman–Crippen MR) is 109 cm³/mol. The van der Waals surface area contributed by atoms with E-state index in [1.54, 1.807) is 25.1 Å². The molecule has 4 nitrogen and oxygen atoms in total. The van der Waals surface area contributed by atoms with E-state index >= 15 is 0 Å². The molecule has 0 aliphatic carbocycles. The quantitative estimate of drug-likeness (QED) is 0.750. The van der Waals surface area contributed by atoms with Crippen LogP contribution >= 0.6 is 0 Å². The lowest BCUT2D eigenvalue weighted by atomic mass is 10.0. The number of hydrogen-bond donors (Lipinski definition) is 1. The molecule has 5 heteroatoms. The van der Waals surface area contributed by atoms with Gasteiger partial charge < -0.3 is 10.2 Å². The minimum atomic E-state index is -0.690. The normalized spacial score (nSPS) is 11.8. The minimum absolute atomic E-state index is 0.0526. The van der Waals surface area contributed by atoms with E-state index in [2.05, 4.69) is 5.32 Å². The van der Waals surface area contributed by atoms with Gasteiger partial charge in [-0.2, -0.15) is 0 Å². The molecule has 2 aromatic rings. The zero-order valence-corrected chi connectivity index (χ0v) is 17.1. The Morgan fingerprint density at radius 2 is 1.82 bits per heavy atom. The Balaban J connectivity index is 2.25. The predicted octanol–water partition coefficient (Wildman–Crippen LogP) is 3.93. The van der Waals surface area contributed by atoms with Crippen LogP contribution in [0, 0.1) is 19.7 Å². The SMILES string of the molecule is CCCNC(=O)[C@@H](C)N(Cc1ccccc1F)C(=O)Cc1ccc(C)c(C)c1. The molecule has 0 aliphatic heterocycles. The largest absolute Gasteiger partial charge is 0.354 e. The van der Waals surface area contributed by atoms with Crippen LogP contribution in [0.2, 0.25) is 0 Å². The van der Waals surface area contributed by atoms with Gasteiger partial charge in [-0.3, -0.25) is 9.59 Å². The van der Waals surface area contributed by atoms with Crippen LogP contribution in [0.4, 0.5) is 4.39 Å². The highest BCUT2D eigenvalue weighted by Crippen LogP contribution is 2.16. The molecular weight excluding hydrogens is 355 g/mol. The molecule has 1 N–H and O–H groups in total. The first-order valence-corrected chi connectivity index (χ1v) is 9.70. The number of rotatable bonds is 8. The van der Waals surface area contributed by atoms with Gasteiger partial charge in [0, 0.05) is 18.7 Å². The average molecular weight is 384 g/mol. The fourth-order valence-corrected chi connectivity index (χ4v) is 2.98. The standard InChI is InChI=1S/C23H29FN2O2/c1-5-12-25-23(28)18(4)26(15-20-8-6-7-9-21(20)24)22(27)14-19-11-10-16(2)17(3)13-19/h6-11,13,18H,5,12,14-15H2,1-4H3,(H,25,28)/t18-/m1/s1. The van der Waals surface area contributed by atoms with E-state index in [1.165, 1.54) is 11.0 Å². The maximum Gasteiger partial charge on any atom is 0.242 e. The molecule has 0 saturated heterocycles. The molecule has 0 unspecified atom stereocenters. The van der Waals surface area contributed by atoms with Crippen molar-refractivity contribution >= 4 is 11.8 Å². The third-order valence-electron chi connectivity index (χ3n) is 4.94. The van der Waals surface area contributed by atoms with Crippen LogP contribution < -0.4 is 5.32 Å². The fraction of sp³-hybridized carbons (Fsp3) is 0.391. The maximum absolute atomic E-state index is 14.2. The van der Waals surface area contributed by atoms with Crippen molar-refractivity contribution in [3.8, 4) is 0 Å². The molecule has 0 aromatic heterocycles. The van der Waals surface area contributed by atoms with E-state index < -0.39 is 6.04 Å². The molecule has 0 fully saturated rings. The molecule has 2 amide bonds. The van der Waals surface area contributed by atoms with Gasteiger partial charge in [0.05, 0.1) is 6.42 Å². The summed E-state index contributed by atoms with van der Waals surface area (Å²) in [4.78, 5) is 27.0. The van der Waals surface area contributed by atoms with Gasteiger partial charge in [-0.25, -0.2) is 4.39 Å². The lowest BCUT2D eigenvalue weighted by molar-refractivity contribution is -0.140. The second kappa shape index (κ2) is 10.0. The van der Waals surface area contributed by atoms with Crippen LogP contribution in [-0.2, 0) is 22.6 Å². The van der Waals surface area contributed by atoms with Gasteiger partial charge in [0.15, 0.2) is 0 Å². The number of nitrogens with one attached hydrogen (secondary N) is 1. The Bertz CT molecular complexity index is 835. The molecule has 28 heavy (non-hydrogen) atoms. The third-order valence-corrected chi connectivity index (χ3v) is 4.94. The van der Waals surface area contributed by atoms with Gasteiger partial charge >= 0.3 is 0 Å². The van der Waals surface area contributed by atoms with E-state index in [4.69, 9.17) is 0 Å². The molecule has 0 aliphatic rings. The van der Waals surface area contributed by atoms with Gasteiger partial charge in [0.2, 0.25) is 11.8 Å². The monoisotopic (exact) mass is 384 g/mol. The number of halogens is 1. The Labute approximate surface area is 166 Å². The Morgan fingerprint density at radius 1 is 1.11 bits per heavy atom. The van der Waals surface area contributed by atoms with Crippen LogP contribution in [0.5, 0.6) is 0 Å². The van der Waals surface area contributed by atoms with Crippen molar-refractivity contribution in [1.29, 1.82) is 0 Å². The molecule has 1 atom stereocenters. The van der Waals surface area contributed by atoms with Crippen LogP contribution in [0.15, 0.2) is 42.5 Å². The summed E-state index contributed by atoms with van der Waals surface area (Å²) in [7, 11) is 0. The van der Waals surface area contributed by atoms with Crippen molar-refractivity contribution in [2.24, 2.45) is 0 Å². The van der Waals surface area contributed by atoms with E-state index in [0.717, 1.165) is 23.1 Å². The van der Waals surface area contributed by atoms with Crippen molar-refractivity contribution in [2.75, 3.05) is 6.54 Å². The minimum Gasteiger partial charge on any atom is -0.354 e. The lowest BCUT2D eigenvalue weighted by Gasteiger charge is -2.29. The van der Waals surface area contributed by atoms with E-state index in [0.29, 0.717) is 12.1 Å². The van der Waals surface area contributed by atoms with Crippen molar-refractivity contribution in [1.82, 2.24) is 10.2 Å². The van der Waals surface area contributed by atoms with E-state index in [-0.39, 0.29) is 30.6 Å². The van der Waals surface area contributed by atoms with Crippen molar-refractivity contribution in [3.63, 3.8) is 0 Å². The third kappa shape index (κ3) is 5.65. The summed E-state index contributed by atoms with van der Waals surface area (Å²) in [5.74, 6) is -0.815. The fourth-order valence-electron chi connectivity index (χ4n) is 2.98. The van der Waals surface area contributed by atoms with Crippen molar-refractivity contribution < 1.29 is 14.0 Å². The summed E-state index contributed by atoms with van der Waals surface area (Å²) in [6, 6.07) is 11.5. The van der Waals surface area contributed by atoms with Gasteiger partial charge in [0.1, 0.15) is 11.9 Å². The summed E-state index contributed by atoms with van der Waals surface area (Å²) in [6.07, 6.45) is 0.976. The van der Waals surface area contributed by atoms with Gasteiger partial charge in [-0.05, 0) is 49.9 Å². The van der Waals surface area contributed by atoms with Crippen LogP contribution in [-0.4, -0.2) is 29.3 Å². The zero-order chi connectivity index (χ0) is 20.7. The van der Waals surface area contributed by atoms with Crippen LogP contribution in [0.3, 0.4) is 0 Å². The Hall–Kier alpha value is -2.69. The topological polar surface area (TPSA) is 49.4 Å². The van der Waals surface area contributed by atoms with E-state index in [1.807, 2.05) is 39.0 Å². The lowest BCUT2D eigenvalue weighted by Crippen LogP contribution is -2.48. The number of aryl methyl sites for hydroxylation is 2. The molecule has 0 bridgehead atoms. The van der Waals surface area contributed by atoms with Gasteiger partial charge in [0.25, 0.3) is 0 Å². The van der Waals surface area contributed by atoms with E-state index in [9.17, 15) is 14.0 Å². The second-order valence-electron chi connectivity index (χ2n) is 7.18. The average Bonchev–Trinajstić information content (AvgIpc) is 2.67. The highest BCUT2D eigenvalue weighted by atomic mass is 19.1. The summed E-state index contributed by atoms with van der Waals surface area (Å²) < 4.78 is 14.2. The summed E-state index contributed by atoms with van der Waals surface area (Å²) in [5.41, 5.74) is 3.55. The molecule has 150 valence electrons. The van der Waals surface area contributed by atoms with Crippen molar-refractivity contribution in [2.45, 2.75) is 53.1 Å². The highest BCUT2D eigenvalue weighted by Gasteiger charge is 2.26. The molecular formula is C23H29FN2O2. The molecule has 2 rings (SSSR count). The zero-order valence-electron chi connectivity index (χ0n) is 17.1. The summed E-state index contributed by atoms with van der Waals surface area (Å²) in [5, 5.41) is 2.82. The van der Waals surface area contributed by atoms with Gasteiger partial charge in [-0.15, -0.1) is 0 Å². The number of nitrogens with zero attached hydrogens (tertiary/aromatic N) is 1. The summed E-state index contributed by atoms with van der Waals surface area (Å²) >= 11 is 0. The van der Waals surface area contributed by atoms with Crippen LogP contribution in [0.1, 0.15) is 42.5 Å². The number of benzene rings is 2. The molecule has 2 aromatic carbocycles. The number of amides is 2. The first-order chi connectivity index (χ1) is 13.3. The van der Waals surface area contributed by atoms with Gasteiger partial charge in [-0.1, -0.05) is 43.3 Å². The number of carbonyl (C=O) groups is 2. The van der Waals surface area contributed by atoms with Crippen molar-refractivity contribution in [3.05, 3.63) is 70.5 Å². The maximum atomic E-state index is 14.2. The molecule has 0 saturated carbocycles. The molecule has 0 radical (unpaired) electrons. The first-order valence-electron chi connectivity index (χ1n) is 9.70. The second-order valence-corrected chi connectivity index (χ2v) is 7.18. The smallest absolute Gasteiger partial charge is 0.242 e. The Morgan fingerprint density at radius 3 is 2.46 bits per heavy atom.